The van der Waals surface area contributed by atoms with E-state index in [1.165, 1.54) is 11.3 Å². The lowest BCUT2D eigenvalue weighted by molar-refractivity contribution is -0.119. The number of nitrogens with one attached hydrogen (secondary N) is 2. The lowest BCUT2D eigenvalue weighted by Crippen LogP contribution is -2.19. The van der Waals surface area contributed by atoms with Gasteiger partial charge in [0.1, 0.15) is 0 Å². The second-order valence-electron chi connectivity index (χ2n) is 4.92. The maximum absolute atomic E-state index is 12.0. The number of rotatable bonds is 5. The number of halogens is 1. The van der Waals surface area contributed by atoms with Crippen LogP contribution in [0, 0.1) is 5.92 Å². The van der Waals surface area contributed by atoms with E-state index < -0.39 is 0 Å². The molecule has 1 aromatic carbocycles. The van der Waals surface area contributed by atoms with E-state index >= 15 is 0 Å². The molecule has 0 aliphatic rings. The molecule has 1 heterocycles. The molecule has 2 amide bonds. The summed E-state index contributed by atoms with van der Waals surface area (Å²) < 4.78 is 0. The molecule has 2 aromatic rings. The van der Waals surface area contributed by atoms with Gasteiger partial charge in [0.05, 0.1) is 15.6 Å². The number of thiophene rings is 1. The molecule has 2 N–H and O–H groups in total. The van der Waals surface area contributed by atoms with E-state index in [-0.39, 0.29) is 17.7 Å². The Bertz CT molecular complexity index is 671. The highest BCUT2D eigenvalue weighted by Crippen LogP contribution is 2.26. The number of carbonyl (C=O) groups excluding carboxylic acids is 2. The first-order valence-electron chi connectivity index (χ1n) is 6.96. The van der Waals surface area contributed by atoms with Crippen LogP contribution in [0.1, 0.15) is 29.9 Å². The second kappa shape index (κ2) is 7.42. The third-order valence-electron chi connectivity index (χ3n) is 3.29. The van der Waals surface area contributed by atoms with Gasteiger partial charge in [-0.1, -0.05) is 31.5 Å². The predicted octanol–water partition coefficient (Wildman–Crippen LogP) is 4.64. The molecule has 6 heteroatoms. The van der Waals surface area contributed by atoms with E-state index in [0.29, 0.717) is 21.3 Å². The van der Waals surface area contributed by atoms with Crippen molar-refractivity contribution >= 4 is 46.1 Å². The minimum absolute atomic E-state index is 0.0473. The van der Waals surface area contributed by atoms with Gasteiger partial charge in [-0.3, -0.25) is 9.59 Å². The minimum atomic E-state index is -0.201. The zero-order chi connectivity index (χ0) is 16.1. The molecule has 0 unspecified atom stereocenters. The molecule has 1 aromatic heterocycles. The Morgan fingerprint density at radius 2 is 2.05 bits per heavy atom. The van der Waals surface area contributed by atoms with Crippen LogP contribution in [0.4, 0.5) is 11.4 Å². The molecule has 4 nitrogen and oxygen atoms in total. The third kappa shape index (κ3) is 4.08. The summed E-state index contributed by atoms with van der Waals surface area (Å²) in [5.41, 5.74) is 1.13. The molecule has 0 radical (unpaired) electrons. The fraction of sp³-hybridized carbons (Fsp3) is 0.250. The van der Waals surface area contributed by atoms with E-state index in [1.807, 2.05) is 25.3 Å². The highest BCUT2D eigenvalue weighted by molar-refractivity contribution is 7.12. The van der Waals surface area contributed by atoms with Crippen molar-refractivity contribution < 1.29 is 9.59 Å². The Balaban J connectivity index is 2.06. The maximum atomic E-state index is 12.0. The molecular weight excluding hydrogens is 320 g/mol. The van der Waals surface area contributed by atoms with Crippen molar-refractivity contribution in [2.75, 3.05) is 10.6 Å². The van der Waals surface area contributed by atoms with Gasteiger partial charge >= 0.3 is 0 Å². The summed E-state index contributed by atoms with van der Waals surface area (Å²) in [5.74, 6) is -0.306. The van der Waals surface area contributed by atoms with Crippen molar-refractivity contribution in [3.8, 4) is 0 Å². The van der Waals surface area contributed by atoms with Gasteiger partial charge in [0.25, 0.3) is 5.91 Å². The Morgan fingerprint density at radius 3 is 2.64 bits per heavy atom. The number of anilines is 2. The number of hydrogen-bond donors (Lipinski definition) is 2. The van der Waals surface area contributed by atoms with Gasteiger partial charge in [0, 0.05) is 11.6 Å². The first-order valence-corrected chi connectivity index (χ1v) is 8.22. The van der Waals surface area contributed by atoms with Gasteiger partial charge in [0.15, 0.2) is 0 Å². The molecule has 0 saturated heterocycles. The number of benzene rings is 1. The SMILES string of the molecule is CC[C@@H](C)C(=O)Nc1ccc(NC(=O)c2cccs2)c(Cl)c1. The fourth-order valence-electron chi connectivity index (χ4n) is 1.74. The van der Waals surface area contributed by atoms with Crippen LogP contribution in [0.25, 0.3) is 0 Å². The van der Waals surface area contributed by atoms with Gasteiger partial charge in [-0.05, 0) is 36.1 Å². The Morgan fingerprint density at radius 1 is 1.27 bits per heavy atom. The van der Waals surface area contributed by atoms with Crippen LogP contribution in [-0.2, 0) is 4.79 Å². The molecule has 0 bridgehead atoms. The van der Waals surface area contributed by atoms with Gasteiger partial charge in [-0.15, -0.1) is 11.3 Å². The Hall–Kier alpha value is -1.85. The largest absolute Gasteiger partial charge is 0.326 e. The molecule has 22 heavy (non-hydrogen) atoms. The number of hydrogen-bond acceptors (Lipinski definition) is 3. The summed E-state index contributed by atoms with van der Waals surface area (Å²) in [6.45, 7) is 3.83. The van der Waals surface area contributed by atoms with Crippen molar-refractivity contribution in [1.82, 2.24) is 0 Å². The lowest BCUT2D eigenvalue weighted by Gasteiger charge is -2.12. The van der Waals surface area contributed by atoms with Gasteiger partial charge < -0.3 is 10.6 Å². The summed E-state index contributed by atoms with van der Waals surface area (Å²) in [6.07, 6.45) is 0.772. The van der Waals surface area contributed by atoms with Crippen molar-refractivity contribution in [3.05, 3.63) is 45.6 Å². The Labute approximate surface area is 138 Å². The van der Waals surface area contributed by atoms with E-state index in [0.717, 1.165) is 6.42 Å². The molecule has 0 aliphatic heterocycles. The first-order chi connectivity index (χ1) is 10.5. The smallest absolute Gasteiger partial charge is 0.265 e. The topological polar surface area (TPSA) is 58.2 Å². The van der Waals surface area contributed by atoms with Crippen molar-refractivity contribution in [2.45, 2.75) is 20.3 Å². The molecule has 0 spiro atoms. The average Bonchev–Trinajstić information content (AvgIpc) is 3.03. The van der Waals surface area contributed by atoms with Crippen molar-refractivity contribution in [3.63, 3.8) is 0 Å². The molecule has 0 aliphatic carbocycles. The normalized spacial score (nSPS) is 11.8. The number of amides is 2. The summed E-state index contributed by atoms with van der Waals surface area (Å²) in [6, 6.07) is 8.59. The van der Waals surface area contributed by atoms with Crippen LogP contribution in [0.2, 0.25) is 5.02 Å². The highest BCUT2D eigenvalue weighted by Gasteiger charge is 2.13. The summed E-state index contributed by atoms with van der Waals surface area (Å²) in [4.78, 5) is 24.5. The van der Waals surface area contributed by atoms with Gasteiger partial charge in [0.2, 0.25) is 5.91 Å². The quantitative estimate of drug-likeness (QED) is 0.835. The Kier molecular flexibility index (Phi) is 5.57. The lowest BCUT2D eigenvalue weighted by atomic mass is 10.1. The van der Waals surface area contributed by atoms with Crippen LogP contribution in [0.3, 0.4) is 0 Å². The summed E-state index contributed by atoms with van der Waals surface area (Å²) in [5, 5.41) is 7.78. The fourth-order valence-corrected chi connectivity index (χ4v) is 2.58. The summed E-state index contributed by atoms with van der Waals surface area (Å²) in [7, 11) is 0. The molecule has 0 fully saturated rings. The maximum Gasteiger partial charge on any atom is 0.265 e. The molecule has 1 atom stereocenters. The van der Waals surface area contributed by atoms with Crippen LogP contribution in [0.5, 0.6) is 0 Å². The minimum Gasteiger partial charge on any atom is -0.326 e. The van der Waals surface area contributed by atoms with Crippen LogP contribution in [-0.4, -0.2) is 11.8 Å². The van der Waals surface area contributed by atoms with Crippen LogP contribution < -0.4 is 10.6 Å². The van der Waals surface area contributed by atoms with Crippen molar-refractivity contribution in [2.24, 2.45) is 5.92 Å². The zero-order valence-electron chi connectivity index (χ0n) is 12.4. The average molecular weight is 337 g/mol. The predicted molar refractivity (Wildman–Crippen MR) is 91.8 cm³/mol. The van der Waals surface area contributed by atoms with Gasteiger partial charge in [-0.2, -0.15) is 0 Å². The van der Waals surface area contributed by atoms with Crippen molar-refractivity contribution in [1.29, 1.82) is 0 Å². The van der Waals surface area contributed by atoms with E-state index in [1.54, 1.807) is 24.3 Å². The van der Waals surface area contributed by atoms with Crippen LogP contribution >= 0.6 is 22.9 Å². The van der Waals surface area contributed by atoms with E-state index in [9.17, 15) is 9.59 Å². The monoisotopic (exact) mass is 336 g/mol. The highest BCUT2D eigenvalue weighted by atomic mass is 35.5. The molecular formula is C16H17ClN2O2S. The first kappa shape index (κ1) is 16.5. The molecule has 0 saturated carbocycles. The molecule has 116 valence electrons. The standard InChI is InChI=1S/C16H17ClN2O2S/c1-3-10(2)15(20)18-11-6-7-13(12(17)9-11)19-16(21)14-5-4-8-22-14/h4-10H,3H2,1-2H3,(H,18,20)(H,19,21)/t10-/m1/s1. The molecule has 2 rings (SSSR count). The zero-order valence-corrected chi connectivity index (χ0v) is 13.9. The van der Waals surface area contributed by atoms with Gasteiger partial charge in [-0.25, -0.2) is 0 Å². The van der Waals surface area contributed by atoms with E-state index in [4.69, 9.17) is 11.6 Å². The second-order valence-corrected chi connectivity index (χ2v) is 6.28. The van der Waals surface area contributed by atoms with E-state index in [2.05, 4.69) is 10.6 Å². The third-order valence-corrected chi connectivity index (χ3v) is 4.47. The summed E-state index contributed by atoms with van der Waals surface area (Å²) >= 11 is 7.53. The number of carbonyl (C=O) groups is 2. The van der Waals surface area contributed by atoms with Crippen LogP contribution in [0.15, 0.2) is 35.7 Å².